The molecular formula is C24H24ClN5O4S. The Bertz CT molecular complexity index is 1620. The molecular weight excluding hydrogens is 490 g/mol. The number of nitrogen functional groups attached to an aromatic ring is 1. The van der Waals surface area contributed by atoms with E-state index in [0.29, 0.717) is 21.7 Å². The molecule has 0 spiro atoms. The highest BCUT2D eigenvalue weighted by molar-refractivity contribution is 7.91. The molecule has 11 heteroatoms. The molecule has 0 unspecified atom stereocenters. The number of fused-ring (bicyclic) bond motifs is 1. The molecule has 0 atom stereocenters. The van der Waals surface area contributed by atoms with Crippen molar-refractivity contribution in [1.29, 1.82) is 0 Å². The van der Waals surface area contributed by atoms with E-state index in [1.165, 1.54) is 27.0 Å². The lowest BCUT2D eigenvalue weighted by Crippen LogP contribution is -2.43. The number of carbonyl (C=O) groups is 1. The summed E-state index contributed by atoms with van der Waals surface area (Å²) in [6, 6.07) is 11.6. The molecule has 3 aromatic heterocycles. The van der Waals surface area contributed by atoms with Gasteiger partial charge in [-0.3, -0.25) is 9.59 Å². The third-order valence-electron chi connectivity index (χ3n) is 5.55. The van der Waals surface area contributed by atoms with Gasteiger partial charge in [-0.1, -0.05) is 11.6 Å². The number of hydrogen-bond acceptors (Lipinski definition) is 6. The summed E-state index contributed by atoms with van der Waals surface area (Å²) in [5, 5.41) is 0.917. The van der Waals surface area contributed by atoms with Gasteiger partial charge in [-0.25, -0.2) is 18.1 Å². The fraction of sp³-hybridized carbons (Fsp3) is 0.208. The van der Waals surface area contributed by atoms with E-state index in [1.54, 1.807) is 53.2 Å². The van der Waals surface area contributed by atoms with E-state index in [4.69, 9.17) is 17.3 Å². The lowest BCUT2D eigenvalue weighted by molar-refractivity contribution is 0.0973. The minimum absolute atomic E-state index is 0.00201. The monoisotopic (exact) mass is 513 g/mol. The van der Waals surface area contributed by atoms with Gasteiger partial charge in [0.15, 0.2) is 0 Å². The van der Waals surface area contributed by atoms with E-state index in [9.17, 15) is 18.0 Å². The van der Waals surface area contributed by atoms with Crippen LogP contribution in [-0.4, -0.2) is 33.6 Å². The summed E-state index contributed by atoms with van der Waals surface area (Å²) >= 11 is 6.29. The van der Waals surface area contributed by atoms with E-state index in [2.05, 4.69) is 14.7 Å². The van der Waals surface area contributed by atoms with E-state index in [0.717, 1.165) is 5.56 Å². The van der Waals surface area contributed by atoms with Crippen molar-refractivity contribution in [1.82, 2.24) is 19.3 Å². The summed E-state index contributed by atoms with van der Waals surface area (Å²) in [6.45, 7) is 4.62. The number of rotatable bonds is 5. The summed E-state index contributed by atoms with van der Waals surface area (Å²) in [6.07, 6.45) is 3.02. The van der Waals surface area contributed by atoms with Gasteiger partial charge in [0.2, 0.25) is 10.0 Å². The first-order valence-electron chi connectivity index (χ1n) is 10.7. The van der Waals surface area contributed by atoms with Gasteiger partial charge in [0.1, 0.15) is 11.5 Å². The van der Waals surface area contributed by atoms with Crippen LogP contribution in [0.15, 0.2) is 59.7 Å². The topological polar surface area (TPSA) is 140 Å². The maximum Gasteiger partial charge on any atom is 0.282 e. The number of carbonyl (C=O) groups excluding carboxylic acids is 1. The smallest absolute Gasteiger partial charge is 0.282 e. The number of amides is 1. The Morgan fingerprint density at radius 1 is 1.20 bits per heavy atom. The molecule has 0 aliphatic carbocycles. The number of nitrogens with zero attached hydrogens (tertiary/aromatic N) is 2. The Balaban J connectivity index is 2.06. The third-order valence-corrected chi connectivity index (χ3v) is 7.85. The molecule has 0 bridgehead atoms. The third kappa shape index (κ3) is 4.67. The summed E-state index contributed by atoms with van der Waals surface area (Å²) in [5.74, 6) is -0.574. The summed E-state index contributed by atoms with van der Waals surface area (Å²) in [4.78, 5) is 33.1. The summed E-state index contributed by atoms with van der Waals surface area (Å²) in [7, 11) is -4.05. The lowest BCUT2D eigenvalue weighted by atomic mass is 10.0. The van der Waals surface area contributed by atoms with Crippen LogP contribution in [0.1, 0.15) is 36.8 Å². The van der Waals surface area contributed by atoms with Gasteiger partial charge in [0.25, 0.3) is 11.5 Å². The molecule has 3 heterocycles. The number of aromatic amines is 1. The van der Waals surface area contributed by atoms with Crippen molar-refractivity contribution >= 4 is 44.3 Å². The zero-order valence-electron chi connectivity index (χ0n) is 19.3. The number of nitrogens with two attached hydrogens (primary N) is 1. The van der Waals surface area contributed by atoms with E-state index in [1.807, 2.05) is 0 Å². The van der Waals surface area contributed by atoms with Crippen molar-refractivity contribution in [3.63, 3.8) is 0 Å². The number of sulfonamides is 1. The zero-order valence-corrected chi connectivity index (χ0v) is 20.9. The van der Waals surface area contributed by atoms with E-state index >= 15 is 0 Å². The number of halogens is 1. The standard InChI is InChI=1S/C24H24ClN5O4S/c1-24(2,3)35(33,34)29-23(32)21-20(16-5-4-9-28-22(16)31)17-12-15(25)6-7-18(17)30(21)13-14-8-10-27-19(26)11-14/h4-12H,13H2,1-3H3,(H2,26,27)(H,28,31)(H,29,32). The molecule has 0 aliphatic heterocycles. The first-order valence-corrected chi connectivity index (χ1v) is 12.5. The van der Waals surface area contributed by atoms with Crippen molar-refractivity contribution in [2.24, 2.45) is 0 Å². The van der Waals surface area contributed by atoms with Crippen molar-refractivity contribution in [3.05, 3.63) is 81.5 Å². The molecule has 0 saturated carbocycles. The predicted octanol–water partition coefficient (Wildman–Crippen LogP) is 3.53. The number of nitrogens with one attached hydrogen (secondary N) is 2. The Morgan fingerprint density at radius 2 is 1.94 bits per heavy atom. The number of pyridine rings is 2. The highest BCUT2D eigenvalue weighted by Crippen LogP contribution is 2.36. The fourth-order valence-electron chi connectivity index (χ4n) is 3.72. The summed E-state index contributed by atoms with van der Waals surface area (Å²) in [5.41, 5.74) is 7.20. The van der Waals surface area contributed by atoms with Crippen LogP contribution in [0, 0.1) is 0 Å². The van der Waals surface area contributed by atoms with Crippen LogP contribution in [-0.2, 0) is 16.6 Å². The van der Waals surface area contributed by atoms with Crippen LogP contribution in [0.25, 0.3) is 22.0 Å². The molecule has 0 radical (unpaired) electrons. The zero-order chi connectivity index (χ0) is 25.5. The number of anilines is 1. The molecule has 1 aromatic carbocycles. The number of benzene rings is 1. The van der Waals surface area contributed by atoms with E-state index in [-0.39, 0.29) is 23.4 Å². The van der Waals surface area contributed by atoms with Crippen molar-refractivity contribution in [3.8, 4) is 11.1 Å². The maximum absolute atomic E-state index is 13.7. The molecule has 0 fully saturated rings. The number of aromatic nitrogens is 3. The van der Waals surface area contributed by atoms with Gasteiger partial charge in [-0.05, 0) is 68.8 Å². The normalized spacial score (nSPS) is 12.1. The SMILES string of the molecule is CC(C)(C)S(=O)(=O)NC(=O)c1c(-c2ccc[nH]c2=O)c2cc(Cl)ccc2n1Cc1ccnc(N)c1. The van der Waals surface area contributed by atoms with Crippen molar-refractivity contribution < 1.29 is 13.2 Å². The van der Waals surface area contributed by atoms with Gasteiger partial charge in [0, 0.05) is 46.0 Å². The van der Waals surface area contributed by atoms with Gasteiger partial charge >= 0.3 is 0 Å². The fourth-order valence-corrected chi connectivity index (χ4v) is 4.54. The van der Waals surface area contributed by atoms with Gasteiger partial charge < -0.3 is 15.3 Å². The van der Waals surface area contributed by atoms with Gasteiger partial charge in [-0.2, -0.15) is 0 Å². The second-order valence-electron chi connectivity index (χ2n) is 9.02. The van der Waals surface area contributed by atoms with Crippen LogP contribution >= 0.6 is 11.6 Å². The average molecular weight is 514 g/mol. The average Bonchev–Trinajstić information content (AvgIpc) is 3.06. The second kappa shape index (κ2) is 8.86. The minimum atomic E-state index is -4.05. The Kier molecular flexibility index (Phi) is 6.20. The van der Waals surface area contributed by atoms with Crippen LogP contribution < -0.4 is 16.0 Å². The minimum Gasteiger partial charge on any atom is -0.384 e. The summed E-state index contributed by atoms with van der Waals surface area (Å²) < 4.78 is 28.3. The maximum atomic E-state index is 13.7. The molecule has 9 nitrogen and oxygen atoms in total. The first-order chi connectivity index (χ1) is 16.4. The molecule has 4 aromatic rings. The molecule has 0 aliphatic rings. The molecule has 0 saturated heterocycles. The van der Waals surface area contributed by atoms with Crippen LogP contribution in [0.2, 0.25) is 5.02 Å². The van der Waals surface area contributed by atoms with Crippen LogP contribution in [0.5, 0.6) is 0 Å². The first kappa shape index (κ1) is 24.5. The highest BCUT2D eigenvalue weighted by atomic mass is 35.5. The molecule has 4 N–H and O–H groups in total. The van der Waals surface area contributed by atoms with Gasteiger partial charge in [0.05, 0.1) is 4.75 Å². The Hall–Kier alpha value is -3.63. The Morgan fingerprint density at radius 3 is 2.60 bits per heavy atom. The van der Waals surface area contributed by atoms with Crippen LogP contribution in [0.4, 0.5) is 5.82 Å². The largest absolute Gasteiger partial charge is 0.384 e. The van der Waals surface area contributed by atoms with Crippen molar-refractivity contribution in [2.75, 3.05) is 5.73 Å². The number of H-pyrrole nitrogens is 1. The Labute approximate surface area is 207 Å². The predicted molar refractivity (Wildman–Crippen MR) is 137 cm³/mol. The van der Waals surface area contributed by atoms with Gasteiger partial charge in [-0.15, -0.1) is 0 Å². The molecule has 182 valence electrons. The van der Waals surface area contributed by atoms with E-state index < -0.39 is 26.2 Å². The van der Waals surface area contributed by atoms with Crippen molar-refractivity contribution in [2.45, 2.75) is 32.1 Å². The second-order valence-corrected chi connectivity index (χ2v) is 11.9. The lowest BCUT2D eigenvalue weighted by Gasteiger charge is -2.20. The highest BCUT2D eigenvalue weighted by Gasteiger charge is 2.34. The number of hydrogen-bond donors (Lipinski definition) is 3. The molecule has 1 amide bonds. The molecule has 35 heavy (non-hydrogen) atoms. The van der Waals surface area contributed by atoms with Crippen LogP contribution in [0.3, 0.4) is 0 Å². The quantitative estimate of drug-likeness (QED) is 0.373. The molecule has 4 rings (SSSR count).